The monoisotopic (exact) mass is 305 g/mol. The van der Waals surface area contributed by atoms with Gasteiger partial charge in [0.15, 0.2) is 5.65 Å². The summed E-state index contributed by atoms with van der Waals surface area (Å²) in [4.78, 5) is 27.8. The third-order valence-corrected chi connectivity index (χ3v) is 3.94. The summed E-state index contributed by atoms with van der Waals surface area (Å²) in [5.41, 5.74) is 7.15. The fourth-order valence-electron chi connectivity index (χ4n) is 2.85. The molecule has 0 spiro atoms. The van der Waals surface area contributed by atoms with Crippen molar-refractivity contribution in [3.8, 4) is 0 Å². The van der Waals surface area contributed by atoms with Crippen molar-refractivity contribution in [1.29, 1.82) is 0 Å². The van der Waals surface area contributed by atoms with Gasteiger partial charge in [0.2, 0.25) is 0 Å². The molecule has 9 heteroatoms. The van der Waals surface area contributed by atoms with Crippen LogP contribution in [0.5, 0.6) is 0 Å². The van der Waals surface area contributed by atoms with E-state index in [1.54, 1.807) is 18.3 Å². The lowest BCUT2D eigenvalue weighted by Crippen LogP contribution is -2.49. The van der Waals surface area contributed by atoms with Gasteiger partial charge in [0, 0.05) is 24.6 Å². The van der Waals surface area contributed by atoms with Crippen molar-refractivity contribution in [3.05, 3.63) is 24.0 Å². The molecule has 3 rings (SSSR count). The summed E-state index contributed by atoms with van der Waals surface area (Å²) in [5.74, 6) is -0.902. The Morgan fingerprint density at radius 1 is 1.32 bits per heavy atom. The number of nitrogens with two attached hydrogens (primary N) is 1. The van der Waals surface area contributed by atoms with Gasteiger partial charge in [0.05, 0.1) is 11.9 Å². The van der Waals surface area contributed by atoms with E-state index in [1.807, 2.05) is 0 Å². The number of amides is 1. The number of piperidine rings is 1. The van der Waals surface area contributed by atoms with E-state index in [9.17, 15) is 14.7 Å². The molecule has 2 unspecified atom stereocenters. The minimum atomic E-state index is -1.24. The molecule has 2 aromatic rings. The van der Waals surface area contributed by atoms with E-state index in [1.165, 1.54) is 4.52 Å². The number of hydrogen-bond donors (Lipinski definition) is 3. The Kier molecular flexibility index (Phi) is 3.32. The molecule has 2 aromatic heterocycles. The number of anilines is 1. The summed E-state index contributed by atoms with van der Waals surface area (Å²) in [6.45, 7) is 0.0864. The van der Waals surface area contributed by atoms with Crippen molar-refractivity contribution >= 4 is 23.5 Å². The molecule has 22 heavy (non-hydrogen) atoms. The smallest absolute Gasteiger partial charge is 0.408 e. The molecule has 2 atom stereocenters. The van der Waals surface area contributed by atoms with Gasteiger partial charge in [-0.05, 0) is 12.8 Å². The molecule has 1 saturated heterocycles. The largest absolute Gasteiger partial charge is 0.480 e. The second-order valence-electron chi connectivity index (χ2n) is 5.27. The lowest BCUT2D eigenvalue weighted by atomic mass is 9.90. The van der Waals surface area contributed by atoms with Gasteiger partial charge in [-0.15, -0.1) is 0 Å². The van der Waals surface area contributed by atoms with E-state index in [0.717, 1.165) is 4.90 Å². The molecule has 0 aliphatic carbocycles. The molecule has 116 valence electrons. The molecule has 0 radical (unpaired) electrons. The standard InChI is InChI=1S/C13H15N5O4/c14-10-5-8(16-11-3-4-15-18(10)11)7-1-2-9(12(19)20)17(6-7)13(21)22/h3-5,7,9H,1-2,6,14H2,(H,19,20)(H,21,22). The van der Waals surface area contributed by atoms with Crippen LogP contribution in [0.25, 0.3) is 5.65 Å². The molecule has 0 bridgehead atoms. The number of nitrogens with zero attached hydrogens (tertiary/aromatic N) is 4. The SMILES string of the molecule is Nc1cc(C2CCC(C(=O)O)N(C(=O)O)C2)nc2ccnn12. The number of carboxylic acids is 1. The molecule has 9 nitrogen and oxygen atoms in total. The molecule has 1 fully saturated rings. The zero-order chi connectivity index (χ0) is 15.9. The van der Waals surface area contributed by atoms with E-state index in [2.05, 4.69) is 10.1 Å². The van der Waals surface area contributed by atoms with Gasteiger partial charge in [0.1, 0.15) is 11.9 Å². The second kappa shape index (κ2) is 5.17. The maximum absolute atomic E-state index is 11.3. The van der Waals surface area contributed by atoms with Crippen molar-refractivity contribution in [2.75, 3.05) is 12.3 Å². The number of carboxylic acid groups (broad SMARTS) is 2. The van der Waals surface area contributed by atoms with E-state index in [-0.39, 0.29) is 18.9 Å². The number of aliphatic carboxylic acids is 1. The molecular weight excluding hydrogens is 290 g/mol. The highest BCUT2D eigenvalue weighted by Crippen LogP contribution is 2.30. The van der Waals surface area contributed by atoms with Crippen LogP contribution in [0.4, 0.5) is 10.6 Å². The van der Waals surface area contributed by atoms with E-state index in [0.29, 0.717) is 23.6 Å². The van der Waals surface area contributed by atoms with Crippen LogP contribution in [-0.4, -0.2) is 54.4 Å². The van der Waals surface area contributed by atoms with Gasteiger partial charge < -0.3 is 15.9 Å². The number of aromatic nitrogens is 3. The molecule has 1 aliphatic heterocycles. The molecular formula is C13H15N5O4. The Labute approximate surface area is 125 Å². The van der Waals surface area contributed by atoms with Crippen LogP contribution >= 0.6 is 0 Å². The van der Waals surface area contributed by atoms with E-state index in [4.69, 9.17) is 10.8 Å². The number of hydrogen-bond acceptors (Lipinski definition) is 5. The highest BCUT2D eigenvalue weighted by Gasteiger charge is 2.37. The third kappa shape index (κ3) is 2.30. The van der Waals surface area contributed by atoms with Gasteiger partial charge >= 0.3 is 12.1 Å². The predicted octanol–water partition coefficient (Wildman–Crippen LogP) is 0.622. The maximum Gasteiger partial charge on any atom is 0.408 e. The number of nitrogen functional groups attached to an aromatic ring is 1. The first kappa shape index (κ1) is 14.1. The number of fused-ring (bicyclic) bond motifs is 1. The van der Waals surface area contributed by atoms with Crippen LogP contribution in [0.3, 0.4) is 0 Å². The van der Waals surface area contributed by atoms with Crippen molar-refractivity contribution in [2.24, 2.45) is 0 Å². The lowest BCUT2D eigenvalue weighted by Gasteiger charge is -2.35. The highest BCUT2D eigenvalue weighted by atomic mass is 16.4. The van der Waals surface area contributed by atoms with Crippen LogP contribution in [0, 0.1) is 0 Å². The van der Waals surface area contributed by atoms with Crippen LogP contribution in [-0.2, 0) is 4.79 Å². The molecule has 0 aromatic carbocycles. The normalized spacial score (nSPS) is 21.9. The topological polar surface area (TPSA) is 134 Å². The van der Waals surface area contributed by atoms with Gasteiger partial charge in [-0.25, -0.2) is 14.6 Å². The van der Waals surface area contributed by atoms with Gasteiger partial charge in [-0.1, -0.05) is 0 Å². The van der Waals surface area contributed by atoms with Crippen molar-refractivity contribution in [3.63, 3.8) is 0 Å². The zero-order valence-electron chi connectivity index (χ0n) is 11.6. The predicted molar refractivity (Wildman–Crippen MR) is 75.5 cm³/mol. The Balaban J connectivity index is 1.91. The first-order valence-corrected chi connectivity index (χ1v) is 6.80. The fourth-order valence-corrected chi connectivity index (χ4v) is 2.85. The summed E-state index contributed by atoms with van der Waals surface area (Å²) in [5, 5.41) is 22.4. The average molecular weight is 305 g/mol. The highest BCUT2D eigenvalue weighted by molar-refractivity contribution is 5.79. The van der Waals surface area contributed by atoms with Crippen LogP contribution in [0.2, 0.25) is 0 Å². The Hall–Kier alpha value is -2.84. The number of carbonyl (C=O) groups is 2. The van der Waals surface area contributed by atoms with Crippen molar-refractivity contribution in [1.82, 2.24) is 19.5 Å². The Morgan fingerprint density at radius 2 is 2.09 bits per heavy atom. The summed E-state index contributed by atoms with van der Waals surface area (Å²) in [7, 11) is 0. The fraction of sp³-hybridized carbons (Fsp3) is 0.385. The average Bonchev–Trinajstić information content (AvgIpc) is 2.95. The summed E-state index contributed by atoms with van der Waals surface area (Å²) < 4.78 is 1.49. The van der Waals surface area contributed by atoms with E-state index >= 15 is 0 Å². The van der Waals surface area contributed by atoms with Crippen molar-refractivity contribution < 1.29 is 19.8 Å². The van der Waals surface area contributed by atoms with Gasteiger partial charge in [0.25, 0.3) is 0 Å². The maximum atomic E-state index is 11.3. The van der Waals surface area contributed by atoms with Crippen LogP contribution < -0.4 is 5.73 Å². The minimum absolute atomic E-state index is 0.0864. The molecule has 0 saturated carbocycles. The summed E-state index contributed by atoms with van der Waals surface area (Å²) in [6, 6.07) is 2.36. The lowest BCUT2D eigenvalue weighted by molar-refractivity contribution is -0.143. The third-order valence-electron chi connectivity index (χ3n) is 3.94. The first-order valence-electron chi connectivity index (χ1n) is 6.80. The van der Waals surface area contributed by atoms with Crippen molar-refractivity contribution in [2.45, 2.75) is 24.8 Å². The quantitative estimate of drug-likeness (QED) is 0.740. The Bertz CT molecular complexity index is 743. The van der Waals surface area contributed by atoms with Gasteiger partial charge in [-0.2, -0.15) is 9.61 Å². The first-order chi connectivity index (χ1) is 10.5. The molecule has 3 heterocycles. The van der Waals surface area contributed by atoms with Gasteiger partial charge in [-0.3, -0.25) is 4.90 Å². The van der Waals surface area contributed by atoms with E-state index < -0.39 is 18.1 Å². The second-order valence-corrected chi connectivity index (χ2v) is 5.27. The van der Waals surface area contributed by atoms with Crippen LogP contribution in [0.15, 0.2) is 18.3 Å². The summed E-state index contributed by atoms with van der Waals surface area (Å²) >= 11 is 0. The zero-order valence-corrected chi connectivity index (χ0v) is 11.6. The summed E-state index contributed by atoms with van der Waals surface area (Å²) in [6.07, 6.45) is 1.12. The Morgan fingerprint density at radius 3 is 2.77 bits per heavy atom. The number of rotatable bonds is 2. The minimum Gasteiger partial charge on any atom is -0.480 e. The molecule has 4 N–H and O–H groups in total. The number of likely N-dealkylation sites (tertiary alicyclic amines) is 1. The molecule has 1 amide bonds. The molecule has 1 aliphatic rings. The van der Waals surface area contributed by atoms with Crippen LogP contribution in [0.1, 0.15) is 24.5 Å².